The highest BCUT2D eigenvalue weighted by Gasteiger charge is 2.21. The summed E-state index contributed by atoms with van der Waals surface area (Å²) in [6.45, 7) is 9.15. The van der Waals surface area contributed by atoms with Gasteiger partial charge < -0.3 is 5.32 Å². The summed E-state index contributed by atoms with van der Waals surface area (Å²) >= 11 is 1.81. The molecule has 1 fully saturated rings. The molecular weight excluding hydrogens is 254 g/mol. The number of piperidine rings is 1. The highest BCUT2D eigenvalue weighted by Crippen LogP contribution is 2.19. The number of hydrogen-bond acceptors (Lipinski definition) is 4. The fourth-order valence-corrected chi connectivity index (χ4v) is 3.61. The Morgan fingerprint density at radius 2 is 2.37 bits per heavy atom. The molecule has 1 saturated heterocycles. The molecule has 0 aliphatic carbocycles. The molecule has 1 aromatic heterocycles. The summed E-state index contributed by atoms with van der Waals surface area (Å²) in [6.07, 6.45) is 6.52. The van der Waals surface area contributed by atoms with Gasteiger partial charge in [0.2, 0.25) is 0 Å². The maximum Gasteiger partial charge on any atom is 0.0797 e. The van der Waals surface area contributed by atoms with E-state index >= 15 is 0 Å². The number of nitrogens with zero attached hydrogens (tertiary/aromatic N) is 2. The van der Waals surface area contributed by atoms with E-state index in [-0.39, 0.29) is 0 Å². The second-order valence-electron chi connectivity index (χ2n) is 5.50. The smallest absolute Gasteiger partial charge is 0.0797 e. The van der Waals surface area contributed by atoms with Crippen molar-refractivity contribution in [3.63, 3.8) is 0 Å². The van der Waals surface area contributed by atoms with Gasteiger partial charge in [-0.05, 0) is 45.7 Å². The molecule has 108 valence electrons. The largest absolute Gasteiger partial charge is 0.315 e. The van der Waals surface area contributed by atoms with Crippen molar-refractivity contribution in [1.82, 2.24) is 15.2 Å². The van der Waals surface area contributed by atoms with Crippen LogP contribution in [0.2, 0.25) is 0 Å². The van der Waals surface area contributed by atoms with Gasteiger partial charge in [0.05, 0.1) is 11.2 Å². The van der Waals surface area contributed by atoms with Crippen molar-refractivity contribution in [2.45, 2.75) is 52.0 Å². The third kappa shape index (κ3) is 4.55. The van der Waals surface area contributed by atoms with Crippen molar-refractivity contribution in [2.24, 2.45) is 0 Å². The van der Waals surface area contributed by atoms with Gasteiger partial charge in [-0.25, -0.2) is 4.98 Å². The molecule has 1 aliphatic rings. The number of thiazole rings is 1. The molecule has 4 heteroatoms. The Hall–Kier alpha value is -0.450. The predicted molar refractivity (Wildman–Crippen MR) is 82.9 cm³/mol. The molecule has 1 aliphatic heterocycles. The number of hydrogen-bond donors (Lipinski definition) is 1. The summed E-state index contributed by atoms with van der Waals surface area (Å²) < 4.78 is 0. The summed E-state index contributed by atoms with van der Waals surface area (Å²) in [7, 11) is 0. The highest BCUT2D eigenvalue weighted by atomic mass is 32.1. The van der Waals surface area contributed by atoms with Crippen molar-refractivity contribution >= 4 is 11.3 Å². The van der Waals surface area contributed by atoms with E-state index in [9.17, 15) is 0 Å². The van der Waals surface area contributed by atoms with Crippen LogP contribution in [0.4, 0.5) is 0 Å². The van der Waals surface area contributed by atoms with Crippen molar-refractivity contribution in [1.29, 1.82) is 0 Å². The average molecular weight is 281 g/mol. The molecular formula is C15H27N3S. The van der Waals surface area contributed by atoms with Crippen LogP contribution in [0.5, 0.6) is 0 Å². The van der Waals surface area contributed by atoms with E-state index in [1.807, 2.05) is 16.8 Å². The molecule has 0 spiro atoms. The average Bonchev–Trinajstić information content (AvgIpc) is 2.83. The topological polar surface area (TPSA) is 28.2 Å². The molecule has 3 nitrogen and oxygen atoms in total. The number of nitrogens with one attached hydrogen (secondary N) is 1. The van der Waals surface area contributed by atoms with E-state index in [1.54, 1.807) is 0 Å². The van der Waals surface area contributed by atoms with Crippen LogP contribution in [0.15, 0.2) is 5.51 Å². The van der Waals surface area contributed by atoms with Gasteiger partial charge in [0.1, 0.15) is 0 Å². The second kappa shape index (κ2) is 7.98. The summed E-state index contributed by atoms with van der Waals surface area (Å²) in [4.78, 5) is 8.50. The zero-order chi connectivity index (χ0) is 13.5. The minimum absolute atomic E-state index is 0.744. The minimum Gasteiger partial charge on any atom is -0.315 e. The van der Waals surface area contributed by atoms with E-state index in [0.717, 1.165) is 19.1 Å². The van der Waals surface area contributed by atoms with Gasteiger partial charge in [0, 0.05) is 24.0 Å². The van der Waals surface area contributed by atoms with E-state index in [4.69, 9.17) is 0 Å². The molecule has 0 bridgehead atoms. The zero-order valence-corrected chi connectivity index (χ0v) is 13.1. The first kappa shape index (κ1) is 14.9. The lowest BCUT2D eigenvalue weighted by atomic mass is 10.0. The lowest BCUT2D eigenvalue weighted by Gasteiger charge is -2.36. The summed E-state index contributed by atoms with van der Waals surface area (Å²) in [6, 6.07) is 0.744. The molecule has 19 heavy (non-hydrogen) atoms. The van der Waals surface area contributed by atoms with Gasteiger partial charge in [-0.15, -0.1) is 11.3 Å². The monoisotopic (exact) mass is 281 g/mol. The highest BCUT2D eigenvalue weighted by molar-refractivity contribution is 7.09. The van der Waals surface area contributed by atoms with Crippen LogP contribution in [-0.2, 0) is 6.42 Å². The molecule has 0 radical (unpaired) electrons. The van der Waals surface area contributed by atoms with Crippen LogP contribution >= 0.6 is 11.3 Å². The third-order valence-corrected chi connectivity index (χ3v) is 5.02. The van der Waals surface area contributed by atoms with Crippen LogP contribution in [-0.4, -0.2) is 42.1 Å². The summed E-state index contributed by atoms with van der Waals surface area (Å²) in [5, 5.41) is 3.59. The first-order valence-electron chi connectivity index (χ1n) is 7.65. The van der Waals surface area contributed by atoms with Gasteiger partial charge in [-0.3, -0.25) is 4.90 Å². The Balaban J connectivity index is 1.80. The first-order valence-corrected chi connectivity index (χ1v) is 8.53. The van der Waals surface area contributed by atoms with E-state index < -0.39 is 0 Å². The minimum atomic E-state index is 0.744. The van der Waals surface area contributed by atoms with Crippen LogP contribution in [0.1, 0.15) is 43.2 Å². The van der Waals surface area contributed by atoms with Crippen molar-refractivity contribution in [3.05, 3.63) is 16.1 Å². The second-order valence-corrected chi connectivity index (χ2v) is 6.44. The molecule has 0 amide bonds. The van der Waals surface area contributed by atoms with Gasteiger partial charge in [-0.2, -0.15) is 0 Å². The molecule has 0 aromatic carbocycles. The number of aromatic nitrogens is 1. The Morgan fingerprint density at radius 1 is 1.47 bits per heavy atom. The van der Waals surface area contributed by atoms with Gasteiger partial charge >= 0.3 is 0 Å². The standard InChI is InChI=1S/C15H27N3S/c1-3-8-16-11-14-6-4-5-9-18(14)10-7-15-13(2)17-12-19-15/h12,14,16H,3-11H2,1-2H3. The van der Waals surface area contributed by atoms with Crippen LogP contribution in [0, 0.1) is 6.92 Å². The molecule has 1 aromatic rings. The van der Waals surface area contributed by atoms with Crippen molar-refractivity contribution < 1.29 is 0 Å². The molecule has 1 atom stereocenters. The van der Waals surface area contributed by atoms with Gasteiger partial charge in [0.15, 0.2) is 0 Å². The van der Waals surface area contributed by atoms with Crippen molar-refractivity contribution in [3.8, 4) is 0 Å². The van der Waals surface area contributed by atoms with Gasteiger partial charge in [-0.1, -0.05) is 13.3 Å². The van der Waals surface area contributed by atoms with Crippen LogP contribution in [0.3, 0.4) is 0 Å². The Bertz CT molecular complexity index is 364. The van der Waals surface area contributed by atoms with Crippen molar-refractivity contribution in [2.75, 3.05) is 26.2 Å². The fourth-order valence-electron chi connectivity index (χ4n) is 2.84. The number of rotatable bonds is 7. The molecule has 1 N–H and O–H groups in total. The fraction of sp³-hybridized carbons (Fsp3) is 0.800. The third-order valence-electron chi connectivity index (χ3n) is 4.03. The molecule has 2 heterocycles. The Kier molecular flexibility index (Phi) is 6.28. The Morgan fingerprint density at radius 3 is 3.11 bits per heavy atom. The van der Waals surface area contributed by atoms with E-state index in [0.29, 0.717) is 0 Å². The molecule has 0 saturated carbocycles. The number of likely N-dealkylation sites (tertiary alicyclic amines) is 1. The normalized spacial score (nSPS) is 20.8. The van der Waals surface area contributed by atoms with Gasteiger partial charge in [0.25, 0.3) is 0 Å². The maximum atomic E-state index is 4.35. The molecule has 2 rings (SSSR count). The Labute approximate surface area is 121 Å². The SMILES string of the molecule is CCCNCC1CCCCN1CCc1scnc1C. The maximum absolute atomic E-state index is 4.35. The predicted octanol–water partition coefficient (Wildman–Crippen LogP) is 2.85. The van der Waals surface area contributed by atoms with Crippen LogP contribution < -0.4 is 5.32 Å². The number of aryl methyl sites for hydroxylation is 1. The lowest BCUT2D eigenvalue weighted by Crippen LogP contribution is -2.46. The zero-order valence-electron chi connectivity index (χ0n) is 12.3. The van der Waals surface area contributed by atoms with Crippen LogP contribution in [0.25, 0.3) is 0 Å². The van der Waals surface area contributed by atoms with E-state index in [2.05, 4.69) is 29.0 Å². The summed E-state index contributed by atoms with van der Waals surface area (Å²) in [5.41, 5.74) is 3.20. The first-order chi connectivity index (χ1) is 9.31. The quantitative estimate of drug-likeness (QED) is 0.779. The summed E-state index contributed by atoms with van der Waals surface area (Å²) in [5.74, 6) is 0. The molecule has 1 unspecified atom stereocenters. The van der Waals surface area contributed by atoms with E-state index in [1.165, 1.54) is 55.8 Å². The lowest BCUT2D eigenvalue weighted by molar-refractivity contribution is 0.147.